The Balaban J connectivity index is 1.76. The number of fused-ring (bicyclic) bond motifs is 3. The van der Waals surface area contributed by atoms with Crippen molar-refractivity contribution in [2.45, 2.75) is 25.9 Å². The zero-order chi connectivity index (χ0) is 16.5. The standard InChI is InChI=1S/C18H21N5O/c1-2-23-8-5-12(6-9-23)24-17-14(10-19)21-11-15-16(17)13-4-3-7-20-18(13)22-15/h3-4,7,10-12,19H,2,5-6,8-9H2,1H3,(H,20,22). The number of aromatic nitrogens is 3. The zero-order valence-corrected chi connectivity index (χ0v) is 13.7. The minimum absolute atomic E-state index is 0.167. The number of hydrogen-bond acceptors (Lipinski definition) is 5. The van der Waals surface area contributed by atoms with Crippen LogP contribution in [0.25, 0.3) is 21.9 Å². The Labute approximate surface area is 140 Å². The van der Waals surface area contributed by atoms with Crippen LogP contribution in [-0.2, 0) is 0 Å². The molecule has 0 spiro atoms. The zero-order valence-electron chi connectivity index (χ0n) is 13.7. The van der Waals surface area contributed by atoms with Gasteiger partial charge in [-0.05, 0) is 31.5 Å². The first-order valence-electron chi connectivity index (χ1n) is 8.45. The molecule has 0 atom stereocenters. The molecule has 3 aromatic rings. The number of H-pyrrole nitrogens is 1. The van der Waals surface area contributed by atoms with E-state index in [1.165, 1.54) is 6.21 Å². The molecule has 0 bridgehead atoms. The Morgan fingerprint density at radius 2 is 2.21 bits per heavy atom. The molecule has 124 valence electrons. The number of piperidine rings is 1. The van der Waals surface area contributed by atoms with E-state index < -0.39 is 0 Å². The van der Waals surface area contributed by atoms with Gasteiger partial charge in [-0.1, -0.05) is 6.92 Å². The summed E-state index contributed by atoms with van der Waals surface area (Å²) in [5.41, 5.74) is 2.29. The normalized spacial score (nSPS) is 16.7. The van der Waals surface area contributed by atoms with Crippen LogP contribution in [0.1, 0.15) is 25.5 Å². The van der Waals surface area contributed by atoms with Crippen molar-refractivity contribution in [1.82, 2.24) is 19.9 Å². The lowest BCUT2D eigenvalue weighted by atomic mass is 10.1. The van der Waals surface area contributed by atoms with Crippen molar-refractivity contribution in [3.63, 3.8) is 0 Å². The largest absolute Gasteiger partial charge is 0.487 e. The van der Waals surface area contributed by atoms with Gasteiger partial charge in [0.25, 0.3) is 0 Å². The van der Waals surface area contributed by atoms with Gasteiger partial charge in [0.05, 0.1) is 17.1 Å². The van der Waals surface area contributed by atoms with E-state index in [0.29, 0.717) is 11.4 Å². The summed E-state index contributed by atoms with van der Waals surface area (Å²) in [6.07, 6.45) is 6.96. The molecule has 1 aliphatic heterocycles. The molecule has 6 heteroatoms. The summed E-state index contributed by atoms with van der Waals surface area (Å²) < 4.78 is 6.36. The highest BCUT2D eigenvalue weighted by molar-refractivity contribution is 6.10. The third-order valence-corrected chi connectivity index (χ3v) is 4.79. The Morgan fingerprint density at radius 3 is 2.96 bits per heavy atom. The molecular weight excluding hydrogens is 302 g/mol. The van der Waals surface area contributed by atoms with Crippen LogP contribution >= 0.6 is 0 Å². The summed E-state index contributed by atoms with van der Waals surface area (Å²) in [5, 5.41) is 9.69. The molecule has 0 amide bonds. The number of rotatable bonds is 4. The molecule has 4 heterocycles. The molecule has 2 N–H and O–H groups in total. The van der Waals surface area contributed by atoms with E-state index in [-0.39, 0.29) is 6.10 Å². The predicted octanol–water partition coefficient (Wildman–Crippen LogP) is 2.97. The fourth-order valence-corrected chi connectivity index (χ4v) is 3.44. The van der Waals surface area contributed by atoms with Gasteiger partial charge in [0.2, 0.25) is 0 Å². The molecule has 6 nitrogen and oxygen atoms in total. The predicted molar refractivity (Wildman–Crippen MR) is 95.0 cm³/mol. The maximum Gasteiger partial charge on any atom is 0.156 e. The van der Waals surface area contributed by atoms with Crippen LogP contribution in [0.2, 0.25) is 0 Å². The van der Waals surface area contributed by atoms with Crippen LogP contribution in [0.5, 0.6) is 5.75 Å². The number of pyridine rings is 2. The van der Waals surface area contributed by atoms with Gasteiger partial charge < -0.3 is 20.0 Å². The summed E-state index contributed by atoms with van der Waals surface area (Å²) in [4.78, 5) is 14.5. The van der Waals surface area contributed by atoms with Gasteiger partial charge in [-0.15, -0.1) is 0 Å². The van der Waals surface area contributed by atoms with E-state index >= 15 is 0 Å². The average Bonchev–Trinajstić information content (AvgIpc) is 3.01. The van der Waals surface area contributed by atoms with E-state index in [1.54, 1.807) is 12.4 Å². The molecular formula is C18H21N5O. The smallest absolute Gasteiger partial charge is 0.156 e. The number of aromatic amines is 1. The number of likely N-dealkylation sites (tertiary alicyclic amines) is 1. The van der Waals surface area contributed by atoms with Crippen LogP contribution in [0.15, 0.2) is 24.5 Å². The third kappa shape index (κ3) is 2.53. The maximum atomic E-state index is 7.70. The minimum Gasteiger partial charge on any atom is -0.487 e. The fraction of sp³-hybridized carbons (Fsp3) is 0.389. The summed E-state index contributed by atoms with van der Waals surface area (Å²) in [7, 11) is 0. The highest BCUT2D eigenvalue weighted by Gasteiger charge is 2.23. The van der Waals surface area contributed by atoms with Crippen LogP contribution < -0.4 is 4.74 Å². The molecule has 0 aromatic carbocycles. The van der Waals surface area contributed by atoms with Crippen molar-refractivity contribution < 1.29 is 4.74 Å². The van der Waals surface area contributed by atoms with Gasteiger partial charge >= 0.3 is 0 Å². The van der Waals surface area contributed by atoms with E-state index in [9.17, 15) is 0 Å². The van der Waals surface area contributed by atoms with E-state index in [0.717, 1.165) is 54.4 Å². The molecule has 1 aliphatic rings. The lowest BCUT2D eigenvalue weighted by Gasteiger charge is -2.31. The molecule has 3 aromatic heterocycles. The molecule has 4 rings (SSSR count). The van der Waals surface area contributed by atoms with Gasteiger partial charge in [0, 0.05) is 30.9 Å². The van der Waals surface area contributed by atoms with Crippen LogP contribution in [0.4, 0.5) is 0 Å². The van der Waals surface area contributed by atoms with Gasteiger partial charge in [-0.3, -0.25) is 0 Å². The van der Waals surface area contributed by atoms with Crippen molar-refractivity contribution in [2.75, 3.05) is 19.6 Å². The average molecular weight is 323 g/mol. The number of nitrogens with zero attached hydrogens (tertiary/aromatic N) is 3. The summed E-state index contributed by atoms with van der Waals surface area (Å²) in [5.74, 6) is 0.705. The molecule has 1 saturated heterocycles. The Hall–Kier alpha value is -2.47. The number of ether oxygens (including phenoxy) is 1. The van der Waals surface area contributed by atoms with Crippen LogP contribution in [0, 0.1) is 5.41 Å². The Bertz CT molecular complexity index is 880. The molecule has 0 unspecified atom stereocenters. The lowest BCUT2D eigenvalue weighted by molar-refractivity contribution is 0.105. The second-order valence-corrected chi connectivity index (χ2v) is 6.18. The second kappa shape index (κ2) is 6.20. The van der Waals surface area contributed by atoms with Crippen molar-refractivity contribution in [3.05, 3.63) is 30.2 Å². The minimum atomic E-state index is 0.167. The molecule has 0 radical (unpaired) electrons. The highest BCUT2D eigenvalue weighted by atomic mass is 16.5. The quantitative estimate of drug-likeness (QED) is 0.724. The Kier molecular flexibility index (Phi) is 3.90. The first-order chi connectivity index (χ1) is 11.8. The van der Waals surface area contributed by atoms with Crippen molar-refractivity contribution >= 4 is 28.2 Å². The van der Waals surface area contributed by atoms with E-state index in [1.807, 2.05) is 12.1 Å². The SMILES string of the molecule is CCN1CCC(Oc2c(C=N)ncc3[nH]c4ncccc4c23)CC1. The fourth-order valence-electron chi connectivity index (χ4n) is 3.44. The second-order valence-electron chi connectivity index (χ2n) is 6.18. The first kappa shape index (κ1) is 15.1. The molecule has 24 heavy (non-hydrogen) atoms. The topological polar surface area (TPSA) is 77.9 Å². The van der Waals surface area contributed by atoms with Crippen LogP contribution in [0.3, 0.4) is 0 Å². The molecule has 0 saturated carbocycles. The van der Waals surface area contributed by atoms with Crippen molar-refractivity contribution in [3.8, 4) is 5.75 Å². The van der Waals surface area contributed by atoms with Crippen molar-refractivity contribution in [2.24, 2.45) is 0 Å². The van der Waals surface area contributed by atoms with Gasteiger partial charge in [-0.2, -0.15) is 0 Å². The Morgan fingerprint density at radius 1 is 1.38 bits per heavy atom. The highest BCUT2D eigenvalue weighted by Crippen LogP contribution is 2.35. The molecule has 1 fully saturated rings. The van der Waals surface area contributed by atoms with Crippen molar-refractivity contribution in [1.29, 1.82) is 5.41 Å². The molecule has 0 aliphatic carbocycles. The summed E-state index contributed by atoms with van der Waals surface area (Å²) in [6.45, 7) is 5.39. The summed E-state index contributed by atoms with van der Waals surface area (Å²) >= 11 is 0. The summed E-state index contributed by atoms with van der Waals surface area (Å²) in [6, 6.07) is 3.95. The third-order valence-electron chi connectivity index (χ3n) is 4.79. The number of nitrogens with one attached hydrogen (secondary N) is 2. The monoisotopic (exact) mass is 323 g/mol. The van der Waals surface area contributed by atoms with E-state index in [2.05, 4.69) is 26.8 Å². The van der Waals surface area contributed by atoms with Gasteiger partial charge in [-0.25, -0.2) is 9.97 Å². The lowest BCUT2D eigenvalue weighted by Crippen LogP contribution is -2.38. The first-order valence-corrected chi connectivity index (χ1v) is 8.45. The maximum absolute atomic E-state index is 7.70. The number of hydrogen-bond donors (Lipinski definition) is 2. The van der Waals surface area contributed by atoms with Crippen LogP contribution in [-0.4, -0.2) is 51.8 Å². The van der Waals surface area contributed by atoms with Gasteiger partial charge in [0.1, 0.15) is 17.4 Å². The van der Waals surface area contributed by atoms with Gasteiger partial charge in [0.15, 0.2) is 5.75 Å². The van der Waals surface area contributed by atoms with E-state index in [4.69, 9.17) is 10.1 Å².